The Hall–Kier alpha value is -4.16. The lowest BCUT2D eigenvalue weighted by Gasteiger charge is -2.22. The van der Waals surface area contributed by atoms with Crippen molar-refractivity contribution in [1.82, 2.24) is 0 Å². The number of anilines is 1. The summed E-state index contributed by atoms with van der Waals surface area (Å²) in [5.41, 5.74) is 0.876. The van der Waals surface area contributed by atoms with Crippen molar-refractivity contribution >= 4 is 23.5 Å². The summed E-state index contributed by atoms with van der Waals surface area (Å²) < 4.78 is 10.7. The van der Waals surface area contributed by atoms with E-state index in [9.17, 15) is 14.7 Å². The Morgan fingerprint density at radius 2 is 1.66 bits per heavy atom. The van der Waals surface area contributed by atoms with E-state index in [1.165, 1.54) is 11.0 Å². The molecule has 0 saturated heterocycles. The summed E-state index contributed by atoms with van der Waals surface area (Å²) in [5.74, 6) is 0.250. The monoisotopic (exact) mass is 469 g/mol. The van der Waals surface area contributed by atoms with Crippen molar-refractivity contribution in [1.29, 1.82) is 0 Å². The van der Waals surface area contributed by atoms with E-state index in [1.807, 2.05) is 42.5 Å². The number of ketones is 1. The largest absolute Gasteiger partial charge is 0.493 e. The van der Waals surface area contributed by atoms with E-state index < -0.39 is 11.5 Å². The van der Waals surface area contributed by atoms with Crippen LogP contribution in [0.5, 0.6) is 11.5 Å². The van der Waals surface area contributed by atoms with Crippen LogP contribution in [0.25, 0.3) is 6.08 Å². The molecule has 0 bridgehead atoms. The first-order valence-electron chi connectivity index (χ1n) is 11.2. The van der Waals surface area contributed by atoms with Gasteiger partial charge in [0.05, 0.1) is 32.9 Å². The molecule has 1 aliphatic rings. The number of hydrogen-bond acceptors (Lipinski definition) is 5. The van der Waals surface area contributed by atoms with Crippen molar-refractivity contribution in [3.05, 3.63) is 108 Å². The van der Waals surface area contributed by atoms with Crippen LogP contribution in [-0.2, 0) is 21.7 Å². The van der Waals surface area contributed by atoms with Gasteiger partial charge in [0.2, 0.25) is 0 Å². The van der Waals surface area contributed by atoms with Crippen LogP contribution in [0.15, 0.2) is 91.0 Å². The van der Waals surface area contributed by atoms with Gasteiger partial charge in [0.1, 0.15) is 0 Å². The predicted molar refractivity (Wildman–Crippen MR) is 135 cm³/mol. The molecule has 1 atom stereocenters. The number of ether oxygens (including phenoxy) is 2. The fourth-order valence-corrected chi connectivity index (χ4v) is 4.20. The standard InChI is InChI=1S/C29H27NO5/c1-34-26-17-16-22(18-27(26)35-2)20-30-25-15-9-8-14-24(25)29(33,28(30)32)19-23(31)13-7-6-12-21-10-4-3-5-11-21/h3-18,33H,19-20H2,1-2H3/b12-6-,13-7+/t29-/m0/s1. The molecule has 1 amide bonds. The summed E-state index contributed by atoms with van der Waals surface area (Å²) >= 11 is 0. The molecule has 4 rings (SSSR count). The summed E-state index contributed by atoms with van der Waals surface area (Å²) in [7, 11) is 3.10. The highest BCUT2D eigenvalue weighted by Crippen LogP contribution is 2.43. The predicted octanol–water partition coefficient (Wildman–Crippen LogP) is 4.67. The topological polar surface area (TPSA) is 76.1 Å². The molecule has 1 heterocycles. The SMILES string of the molecule is COc1ccc(CN2C(=O)[C@](O)(CC(=O)/C=C/C=C\c3ccccc3)c3ccccc32)cc1OC. The average Bonchev–Trinajstić information content (AvgIpc) is 3.09. The number of rotatable bonds is 9. The molecule has 3 aromatic rings. The molecule has 178 valence electrons. The van der Waals surface area contributed by atoms with Gasteiger partial charge in [-0.05, 0) is 35.4 Å². The van der Waals surface area contributed by atoms with Gasteiger partial charge in [-0.3, -0.25) is 9.59 Å². The minimum Gasteiger partial charge on any atom is -0.493 e. The minimum absolute atomic E-state index is 0.211. The maximum Gasteiger partial charge on any atom is 0.264 e. The third kappa shape index (κ3) is 5.03. The van der Waals surface area contributed by atoms with E-state index >= 15 is 0 Å². The second-order valence-electron chi connectivity index (χ2n) is 8.23. The van der Waals surface area contributed by atoms with Crippen LogP contribution in [0.1, 0.15) is 23.1 Å². The lowest BCUT2D eigenvalue weighted by molar-refractivity contribution is -0.140. The Kier molecular flexibility index (Phi) is 7.13. The first-order chi connectivity index (χ1) is 17.0. The molecular weight excluding hydrogens is 442 g/mol. The van der Waals surface area contributed by atoms with E-state index in [0.717, 1.165) is 11.1 Å². The van der Waals surface area contributed by atoms with Gasteiger partial charge in [-0.2, -0.15) is 0 Å². The maximum absolute atomic E-state index is 13.4. The maximum atomic E-state index is 13.4. The van der Waals surface area contributed by atoms with Crippen molar-refractivity contribution in [3.8, 4) is 11.5 Å². The molecule has 0 fully saturated rings. The highest BCUT2D eigenvalue weighted by Gasteiger charge is 2.50. The zero-order valence-corrected chi connectivity index (χ0v) is 19.7. The Morgan fingerprint density at radius 1 is 0.943 bits per heavy atom. The molecular formula is C29H27NO5. The molecule has 6 heteroatoms. The second-order valence-corrected chi connectivity index (χ2v) is 8.23. The summed E-state index contributed by atoms with van der Waals surface area (Å²) in [6.07, 6.45) is 6.28. The quantitative estimate of drug-likeness (QED) is 0.364. The van der Waals surface area contributed by atoms with Gasteiger partial charge in [0.15, 0.2) is 22.9 Å². The van der Waals surface area contributed by atoms with Gasteiger partial charge in [-0.1, -0.05) is 72.8 Å². The van der Waals surface area contributed by atoms with Crippen LogP contribution in [-0.4, -0.2) is 31.0 Å². The fraction of sp³-hybridized carbons (Fsp3) is 0.172. The third-order valence-electron chi connectivity index (χ3n) is 5.94. The highest BCUT2D eigenvalue weighted by atomic mass is 16.5. The number of methoxy groups -OCH3 is 2. The van der Waals surface area contributed by atoms with E-state index in [2.05, 4.69) is 0 Å². The van der Waals surface area contributed by atoms with Crippen molar-refractivity contribution in [2.75, 3.05) is 19.1 Å². The van der Waals surface area contributed by atoms with Gasteiger partial charge >= 0.3 is 0 Å². The summed E-state index contributed by atoms with van der Waals surface area (Å²) in [4.78, 5) is 27.7. The first-order valence-corrected chi connectivity index (χ1v) is 11.2. The Morgan fingerprint density at radius 3 is 2.40 bits per heavy atom. The van der Waals surface area contributed by atoms with Crippen LogP contribution in [0.4, 0.5) is 5.69 Å². The first kappa shape index (κ1) is 24.0. The fourth-order valence-electron chi connectivity index (χ4n) is 4.20. The highest BCUT2D eigenvalue weighted by molar-refractivity contribution is 6.09. The number of amides is 1. The number of carbonyl (C=O) groups excluding carboxylic acids is 2. The van der Waals surface area contributed by atoms with Crippen LogP contribution >= 0.6 is 0 Å². The number of hydrogen-bond donors (Lipinski definition) is 1. The molecule has 1 N–H and O–H groups in total. The van der Waals surface area contributed by atoms with Gasteiger partial charge in [-0.25, -0.2) is 0 Å². The molecule has 1 aliphatic heterocycles. The summed E-state index contributed by atoms with van der Waals surface area (Å²) in [5, 5.41) is 11.4. The smallest absolute Gasteiger partial charge is 0.264 e. The normalized spacial score (nSPS) is 17.2. The Bertz CT molecular complexity index is 1280. The van der Waals surface area contributed by atoms with Gasteiger partial charge in [-0.15, -0.1) is 0 Å². The number of carbonyl (C=O) groups is 2. The van der Waals surface area contributed by atoms with Crippen molar-refractivity contribution in [3.63, 3.8) is 0 Å². The van der Waals surface area contributed by atoms with Crippen LogP contribution < -0.4 is 14.4 Å². The number of fused-ring (bicyclic) bond motifs is 1. The Balaban J connectivity index is 1.53. The number of benzene rings is 3. The number of para-hydroxylation sites is 1. The van der Waals surface area contributed by atoms with Gasteiger partial charge < -0.3 is 19.5 Å². The van der Waals surface area contributed by atoms with Crippen LogP contribution in [0.3, 0.4) is 0 Å². The molecule has 0 radical (unpaired) electrons. The van der Waals surface area contributed by atoms with Crippen molar-refractivity contribution in [2.45, 2.75) is 18.6 Å². The average molecular weight is 470 g/mol. The Labute approximate surface area is 204 Å². The van der Waals surface area contributed by atoms with Crippen LogP contribution in [0, 0.1) is 0 Å². The lowest BCUT2D eigenvalue weighted by Crippen LogP contribution is -2.41. The molecule has 0 unspecified atom stereocenters. The summed E-state index contributed by atoms with van der Waals surface area (Å²) in [6, 6.07) is 22.1. The van der Waals surface area contributed by atoms with Gasteiger partial charge in [0, 0.05) is 5.56 Å². The number of nitrogens with zero attached hydrogens (tertiary/aromatic N) is 1. The van der Waals surface area contributed by atoms with Crippen LogP contribution in [0.2, 0.25) is 0 Å². The van der Waals surface area contributed by atoms with Gasteiger partial charge in [0.25, 0.3) is 5.91 Å². The molecule has 0 saturated carbocycles. The minimum atomic E-state index is -1.93. The van der Waals surface area contributed by atoms with E-state index in [1.54, 1.807) is 62.8 Å². The number of allylic oxidation sites excluding steroid dienone is 3. The number of aliphatic hydroxyl groups is 1. The summed E-state index contributed by atoms with van der Waals surface area (Å²) in [6.45, 7) is 0.211. The molecule has 6 nitrogen and oxygen atoms in total. The molecule has 3 aromatic carbocycles. The van der Waals surface area contributed by atoms with Crippen molar-refractivity contribution < 1.29 is 24.2 Å². The van der Waals surface area contributed by atoms with E-state index in [0.29, 0.717) is 22.7 Å². The second kappa shape index (κ2) is 10.4. The molecule has 0 aliphatic carbocycles. The van der Waals surface area contributed by atoms with E-state index in [4.69, 9.17) is 9.47 Å². The van der Waals surface area contributed by atoms with Crippen molar-refractivity contribution in [2.24, 2.45) is 0 Å². The molecule has 0 spiro atoms. The van der Waals surface area contributed by atoms with E-state index in [-0.39, 0.29) is 18.7 Å². The lowest BCUT2D eigenvalue weighted by atomic mass is 9.90. The third-order valence-corrected chi connectivity index (χ3v) is 5.94. The zero-order chi connectivity index (χ0) is 24.8. The molecule has 35 heavy (non-hydrogen) atoms. The zero-order valence-electron chi connectivity index (χ0n) is 19.7. The molecule has 0 aromatic heterocycles.